The lowest BCUT2D eigenvalue weighted by molar-refractivity contribution is 0.419. The largest absolute Gasteiger partial charge is 0.416 e. The summed E-state index contributed by atoms with van der Waals surface area (Å²) >= 11 is 3.08. The van der Waals surface area contributed by atoms with Crippen LogP contribution in [0.3, 0.4) is 0 Å². The monoisotopic (exact) mass is 438 g/mol. The number of aryl methyl sites for hydroxylation is 1. The predicted molar refractivity (Wildman–Crippen MR) is 119 cm³/mol. The number of nitrogens with one attached hydrogen (secondary N) is 1. The topological polar surface area (TPSA) is 84.7 Å². The molecule has 30 heavy (non-hydrogen) atoms. The Morgan fingerprint density at radius 3 is 2.97 bits per heavy atom. The van der Waals surface area contributed by atoms with Gasteiger partial charge in [0.2, 0.25) is 5.89 Å². The quantitative estimate of drug-likeness (QED) is 0.445. The highest BCUT2D eigenvalue weighted by molar-refractivity contribution is 7.99. The van der Waals surface area contributed by atoms with Crippen LogP contribution in [0.4, 0.5) is 0 Å². The Balaban J connectivity index is 1.36. The zero-order chi connectivity index (χ0) is 20.7. The van der Waals surface area contributed by atoms with E-state index in [1.54, 1.807) is 11.3 Å². The zero-order valence-corrected chi connectivity index (χ0v) is 18.5. The SMILES string of the molecule is CC1CCc2c(sc3nc(C(C)Sc4nnc(Cc5ccccc5)o4)[nH]c(=O)c23)C1. The zero-order valence-electron chi connectivity index (χ0n) is 16.8. The molecule has 4 aromatic rings. The number of hydrogen-bond acceptors (Lipinski definition) is 7. The van der Waals surface area contributed by atoms with Crippen molar-refractivity contribution in [2.24, 2.45) is 5.92 Å². The molecule has 0 saturated carbocycles. The maximum absolute atomic E-state index is 12.8. The Morgan fingerprint density at radius 2 is 2.13 bits per heavy atom. The third-order valence-electron chi connectivity index (χ3n) is 5.49. The summed E-state index contributed by atoms with van der Waals surface area (Å²) in [6.45, 7) is 4.26. The van der Waals surface area contributed by atoms with Crippen molar-refractivity contribution in [2.75, 3.05) is 0 Å². The van der Waals surface area contributed by atoms with Crippen LogP contribution in [0.2, 0.25) is 0 Å². The van der Waals surface area contributed by atoms with Crippen molar-refractivity contribution in [2.45, 2.75) is 50.0 Å². The van der Waals surface area contributed by atoms with Gasteiger partial charge in [-0.15, -0.1) is 21.5 Å². The fourth-order valence-corrected chi connectivity index (χ4v) is 6.04. The van der Waals surface area contributed by atoms with Gasteiger partial charge in [-0.3, -0.25) is 4.79 Å². The molecule has 3 heterocycles. The number of benzene rings is 1. The van der Waals surface area contributed by atoms with E-state index in [-0.39, 0.29) is 10.8 Å². The van der Waals surface area contributed by atoms with Gasteiger partial charge >= 0.3 is 0 Å². The molecule has 3 aromatic heterocycles. The first-order chi connectivity index (χ1) is 14.6. The molecule has 154 valence electrons. The molecule has 0 radical (unpaired) electrons. The lowest BCUT2D eigenvalue weighted by Crippen LogP contribution is -2.15. The number of rotatable bonds is 5. The van der Waals surface area contributed by atoms with E-state index in [0.29, 0.717) is 29.3 Å². The van der Waals surface area contributed by atoms with Gasteiger partial charge in [0.1, 0.15) is 10.7 Å². The summed E-state index contributed by atoms with van der Waals surface area (Å²) < 4.78 is 5.80. The fourth-order valence-electron chi connectivity index (χ4n) is 3.89. The number of hydrogen-bond donors (Lipinski definition) is 1. The molecule has 6 nitrogen and oxygen atoms in total. The number of H-pyrrole nitrogens is 1. The van der Waals surface area contributed by atoms with Gasteiger partial charge in [0, 0.05) is 4.88 Å². The van der Waals surface area contributed by atoms with Crippen LogP contribution >= 0.6 is 23.1 Å². The summed E-state index contributed by atoms with van der Waals surface area (Å²) in [5.41, 5.74) is 2.29. The Labute approximate surface area is 182 Å². The second-order valence-electron chi connectivity index (χ2n) is 7.87. The summed E-state index contributed by atoms with van der Waals surface area (Å²) in [4.78, 5) is 22.8. The molecule has 0 amide bonds. The molecule has 2 unspecified atom stereocenters. The second kappa shape index (κ2) is 8.00. The standard InChI is InChI=1S/C22H22N4O2S2/c1-12-8-9-15-16(10-12)30-21-18(15)20(27)23-19(24-21)13(2)29-22-26-25-17(28-22)11-14-6-4-3-5-7-14/h3-7,12-13H,8-11H2,1-2H3,(H,23,24,27). The molecule has 1 aliphatic rings. The van der Waals surface area contributed by atoms with Crippen molar-refractivity contribution in [3.05, 3.63) is 68.4 Å². The second-order valence-corrected chi connectivity index (χ2v) is 10.2. The van der Waals surface area contributed by atoms with E-state index in [9.17, 15) is 4.79 Å². The van der Waals surface area contributed by atoms with Crippen molar-refractivity contribution in [1.82, 2.24) is 20.2 Å². The molecular formula is C22H22N4O2S2. The smallest absolute Gasteiger partial charge is 0.277 e. The summed E-state index contributed by atoms with van der Waals surface area (Å²) in [7, 11) is 0. The number of aromatic nitrogens is 4. The first-order valence-electron chi connectivity index (χ1n) is 10.1. The van der Waals surface area contributed by atoms with Crippen molar-refractivity contribution in [3.63, 3.8) is 0 Å². The number of thioether (sulfide) groups is 1. The first-order valence-corrected chi connectivity index (χ1v) is 11.8. The van der Waals surface area contributed by atoms with Crippen LogP contribution in [-0.4, -0.2) is 20.2 Å². The summed E-state index contributed by atoms with van der Waals surface area (Å²) in [6.07, 6.45) is 3.75. The van der Waals surface area contributed by atoms with E-state index < -0.39 is 0 Å². The van der Waals surface area contributed by atoms with Crippen molar-refractivity contribution in [3.8, 4) is 0 Å². The van der Waals surface area contributed by atoms with Crippen LogP contribution < -0.4 is 5.56 Å². The lowest BCUT2D eigenvalue weighted by Gasteiger charge is -2.17. The highest BCUT2D eigenvalue weighted by Gasteiger charge is 2.24. The highest BCUT2D eigenvalue weighted by atomic mass is 32.2. The minimum absolute atomic E-state index is 0.0372. The molecule has 1 N–H and O–H groups in total. The van der Waals surface area contributed by atoms with Crippen LogP contribution in [0.25, 0.3) is 10.2 Å². The van der Waals surface area contributed by atoms with Crippen molar-refractivity contribution < 1.29 is 4.42 Å². The van der Waals surface area contributed by atoms with Crippen LogP contribution in [0.1, 0.15) is 53.2 Å². The Bertz CT molecular complexity index is 1250. The van der Waals surface area contributed by atoms with Crippen LogP contribution in [0.15, 0.2) is 44.8 Å². The van der Waals surface area contributed by atoms with Crippen LogP contribution in [-0.2, 0) is 19.3 Å². The van der Waals surface area contributed by atoms with Gasteiger partial charge in [0.05, 0.1) is 17.1 Å². The number of nitrogens with zero attached hydrogens (tertiary/aromatic N) is 3. The molecule has 1 aromatic carbocycles. The van der Waals surface area contributed by atoms with E-state index >= 15 is 0 Å². The molecule has 0 aliphatic heterocycles. The van der Waals surface area contributed by atoms with E-state index in [1.807, 2.05) is 37.3 Å². The molecule has 5 rings (SSSR count). The van der Waals surface area contributed by atoms with Gasteiger partial charge in [-0.1, -0.05) is 49.0 Å². The Morgan fingerprint density at radius 1 is 1.30 bits per heavy atom. The molecule has 0 spiro atoms. The molecule has 8 heteroatoms. The van der Waals surface area contributed by atoms with Crippen molar-refractivity contribution >= 4 is 33.3 Å². The van der Waals surface area contributed by atoms with E-state index in [1.165, 1.54) is 22.2 Å². The van der Waals surface area contributed by atoms with Crippen LogP contribution in [0, 0.1) is 5.92 Å². The van der Waals surface area contributed by atoms with Gasteiger partial charge in [0.25, 0.3) is 10.8 Å². The number of thiophene rings is 1. The average molecular weight is 439 g/mol. The van der Waals surface area contributed by atoms with Gasteiger partial charge in [0.15, 0.2) is 0 Å². The highest BCUT2D eigenvalue weighted by Crippen LogP contribution is 2.37. The molecule has 1 aliphatic carbocycles. The molecular weight excluding hydrogens is 416 g/mol. The Hall–Kier alpha value is -2.45. The van der Waals surface area contributed by atoms with E-state index in [0.717, 1.165) is 35.0 Å². The third-order valence-corrected chi connectivity index (χ3v) is 7.58. The maximum atomic E-state index is 12.8. The van der Waals surface area contributed by atoms with Gasteiger partial charge in [-0.05, 0) is 43.2 Å². The van der Waals surface area contributed by atoms with E-state index in [2.05, 4.69) is 22.1 Å². The van der Waals surface area contributed by atoms with Crippen molar-refractivity contribution in [1.29, 1.82) is 0 Å². The first kappa shape index (κ1) is 19.5. The fraction of sp³-hybridized carbons (Fsp3) is 0.364. The van der Waals surface area contributed by atoms with Gasteiger partial charge in [-0.2, -0.15) is 0 Å². The molecule has 0 bridgehead atoms. The van der Waals surface area contributed by atoms with Gasteiger partial charge in [-0.25, -0.2) is 4.98 Å². The molecule has 0 saturated heterocycles. The van der Waals surface area contributed by atoms with Crippen LogP contribution in [0.5, 0.6) is 0 Å². The number of aromatic amines is 1. The number of fused-ring (bicyclic) bond motifs is 3. The summed E-state index contributed by atoms with van der Waals surface area (Å²) in [5, 5.41) is 9.46. The summed E-state index contributed by atoms with van der Waals surface area (Å²) in [5.74, 6) is 1.89. The lowest BCUT2D eigenvalue weighted by atomic mass is 9.89. The van der Waals surface area contributed by atoms with Gasteiger partial charge < -0.3 is 9.40 Å². The Kier molecular flexibility index (Phi) is 5.20. The van der Waals surface area contributed by atoms with E-state index in [4.69, 9.17) is 9.40 Å². The normalized spacial score (nSPS) is 17.2. The summed E-state index contributed by atoms with van der Waals surface area (Å²) in [6, 6.07) is 10.0. The molecule has 2 atom stereocenters. The minimum atomic E-state index is -0.106. The maximum Gasteiger partial charge on any atom is 0.277 e. The third kappa shape index (κ3) is 3.81. The minimum Gasteiger partial charge on any atom is -0.416 e. The molecule has 0 fully saturated rings. The predicted octanol–water partition coefficient (Wildman–Crippen LogP) is 4.94. The average Bonchev–Trinajstić information content (AvgIpc) is 3.32.